The van der Waals surface area contributed by atoms with Crippen molar-refractivity contribution < 1.29 is 23.9 Å². The van der Waals surface area contributed by atoms with Gasteiger partial charge in [0.25, 0.3) is 11.8 Å². The van der Waals surface area contributed by atoms with Gasteiger partial charge in [0.1, 0.15) is 0 Å². The number of carbonyl (C=O) groups excluding carboxylic acids is 3. The molecule has 0 aromatic heterocycles. The maximum Gasteiger partial charge on any atom is 0.308 e. The minimum Gasteiger partial charge on any atom is -0.435 e. The summed E-state index contributed by atoms with van der Waals surface area (Å²) in [5.41, 5.74) is 0.877. The van der Waals surface area contributed by atoms with Crippen molar-refractivity contribution >= 4 is 17.8 Å². The molecule has 2 amide bonds. The molecule has 6 nitrogen and oxygen atoms in total. The van der Waals surface area contributed by atoms with Crippen LogP contribution in [0.15, 0.2) is 24.3 Å². The van der Waals surface area contributed by atoms with E-state index in [2.05, 4.69) is 0 Å². The average molecular weight is 301 g/mol. The highest BCUT2D eigenvalue weighted by molar-refractivity contribution is 6.21. The van der Waals surface area contributed by atoms with Crippen LogP contribution in [0.2, 0.25) is 0 Å². The summed E-state index contributed by atoms with van der Waals surface area (Å²) in [6.45, 7) is 0.202. The summed E-state index contributed by atoms with van der Waals surface area (Å²) < 4.78 is 10.9. The molecule has 0 saturated carbocycles. The number of hydrogen-bond acceptors (Lipinski definition) is 5. The molecule has 3 aliphatic rings. The zero-order chi connectivity index (χ0) is 15.3. The van der Waals surface area contributed by atoms with Crippen LogP contribution < -0.4 is 0 Å². The van der Waals surface area contributed by atoms with E-state index in [0.717, 1.165) is 6.42 Å². The SMILES string of the molecule is O=C1CC2CC[C@@H](CN3C(=O)c4ccccc4C3=O)OC2O1. The van der Waals surface area contributed by atoms with E-state index in [9.17, 15) is 14.4 Å². The minimum absolute atomic E-state index is 0.103. The summed E-state index contributed by atoms with van der Waals surface area (Å²) in [4.78, 5) is 37.2. The Bertz CT molecular complexity index is 635. The largest absolute Gasteiger partial charge is 0.435 e. The maximum atomic E-state index is 12.3. The summed E-state index contributed by atoms with van der Waals surface area (Å²) in [6.07, 6.45) is 1.11. The normalized spacial score (nSPS) is 30.3. The number of fused-ring (bicyclic) bond motifs is 2. The molecule has 0 N–H and O–H groups in total. The van der Waals surface area contributed by atoms with E-state index in [1.807, 2.05) is 0 Å². The molecule has 2 unspecified atom stereocenters. The Balaban J connectivity index is 1.48. The predicted octanol–water partition coefficient (Wildman–Crippen LogP) is 1.35. The highest BCUT2D eigenvalue weighted by atomic mass is 16.7. The van der Waals surface area contributed by atoms with Crippen molar-refractivity contribution in [2.75, 3.05) is 6.54 Å². The number of rotatable bonds is 2. The third-order valence-corrected chi connectivity index (χ3v) is 4.51. The van der Waals surface area contributed by atoms with E-state index in [4.69, 9.17) is 9.47 Å². The molecule has 3 heterocycles. The Morgan fingerprint density at radius 1 is 1.05 bits per heavy atom. The second kappa shape index (κ2) is 4.91. The highest BCUT2D eigenvalue weighted by Crippen LogP contribution is 2.34. The van der Waals surface area contributed by atoms with E-state index in [0.29, 0.717) is 24.0 Å². The first kappa shape index (κ1) is 13.5. The number of ether oxygens (including phenoxy) is 2. The van der Waals surface area contributed by atoms with Gasteiger partial charge in [-0.1, -0.05) is 12.1 Å². The third-order valence-electron chi connectivity index (χ3n) is 4.51. The maximum absolute atomic E-state index is 12.3. The number of imide groups is 1. The monoisotopic (exact) mass is 301 g/mol. The van der Waals surface area contributed by atoms with Crippen LogP contribution in [-0.2, 0) is 14.3 Å². The molecule has 1 aromatic carbocycles. The molecule has 0 bridgehead atoms. The number of benzene rings is 1. The number of hydrogen-bond donors (Lipinski definition) is 0. The second-order valence-electron chi connectivity index (χ2n) is 5.92. The molecule has 1 aromatic rings. The Hall–Kier alpha value is -2.21. The predicted molar refractivity (Wildman–Crippen MR) is 73.9 cm³/mol. The van der Waals surface area contributed by atoms with Gasteiger partial charge in [0.05, 0.1) is 30.2 Å². The van der Waals surface area contributed by atoms with Crippen LogP contribution >= 0.6 is 0 Å². The Kier molecular flexibility index (Phi) is 3.00. The molecule has 0 aliphatic carbocycles. The first-order chi connectivity index (χ1) is 10.6. The fourth-order valence-electron chi connectivity index (χ4n) is 3.36. The van der Waals surface area contributed by atoms with Crippen LogP contribution in [0.1, 0.15) is 40.0 Å². The zero-order valence-corrected chi connectivity index (χ0v) is 11.9. The van der Waals surface area contributed by atoms with Crippen LogP contribution in [0.3, 0.4) is 0 Å². The standard InChI is InChI=1S/C16H15NO5/c18-13-7-9-5-6-10(21-16(9)22-13)8-17-14(19)11-3-1-2-4-12(11)15(17)20/h1-4,9-10,16H,5-8H2/t9?,10-,16?/m0/s1. The van der Waals surface area contributed by atoms with E-state index in [1.165, 1.54) is 4.90 Å². The van der Waals surface area contributed by atoms with Crippen LogP contribution in [0.4, 0.5) is 0 Å². The van der Waals surface area contributed by atoms with Crippen LogP contribution in [0.25, 0.3) is 0 Å². The van der Waals surface area contributed by atoms with Gasteiger partial charge in [0, 0.05) is 5.92 Å². The number of amides is 2. The van der Waals surface area contributed by atoms with E-state index in [1.54, 1.807) is 24.3 Å². The van der Waals surface area contributed by atoms with Crippen molar-refractivity contribution in [1.29, 1.82) is 0 Å². The summed E-state index contributed by atoms with van der Waals surface area (Å²) in [5, 5.41) is 0. The van der Waals surface area contributed by atoms with Gasteiger partial charge in [0.2, 0.25) is 6.29 Å². The van der Waals surface area contributed by atoms with Gasteiger partial charge in [0.15, 0.2) is 0 Å². The molecule has 2 saturated heterocycles. The quantitative estimate of drug-likeness (QED) is 0.609. The van der Waals surface area contributed by atoms with Crippen molar-refractivity contribution in [2.24, 2.45) is 5.92 Å². The molecule has 0 radical (unpaired) electrons. The summed E-state index contributed by atoms with van der Waals surface area (Å²) in [6, 6.07) is 6.80. The Labute approximate surface area is 127 Å². The van der Waals surface area contributed by atoms with Crippen molar-refractivity contribution in [3.8, 4) is 0 Å². The van der Waals surface area contributed by atoms with Crippen molar-refractivity contribution in [3.63, 3.8) is 0 Å². The fourth-order valence-corrected chi connectivity index (χ4v) is 3.36. The molecule has 22 heavy (non-hydrogen) atoms. The molecule has 114 valence electrons. The van der Waals surface area contributed by atoms with Crippen molar-refractivity contribution in [2.45, 2.75) is 31.7 Å². The average Bonchev–Trinajstić information content (AvgIpc) is 3.00. The lowest BCUT2D eigenvalue weighted by Gasteiger charge is -2.32. The Morgan fingerprint density at radius 3 is 2.41 bits per heavy atom. The fraction of sp³-hybridized carbons (Fsp3) is 0.438. The smallest absolute Gasteiger partial charge is 0.308 e. The molecule has 3 aliphatic heterocycles. The molecule has 2 fully saturated rings. The van der Waals surface area contributed by atoms with Gasteiger partial charge in [-0.2, -0.15) is 0 Å². The summed E-state index contributed by atoms with van der Waals surface area (Å²) in [5.74, 6) is -0.702. The lowest BCUT2D eigenvalue weighted by atomic mass is 9.95. The van der Waals surface area contributed by atoms with Gasteiger partial charge >= 0.3 is 5.97 Å². The number of nitrogens with zero attached hydrogens (tertiary/aromatic N) is 1. The molecule has 0 spiro atoms. The molecule has 4 rings (SSSR count). The van der Waals surface area contributed by atoms with Crippen molar-refractivity contribution in [1.82, 2.24) is 4.90 Å². The van der Waals surface area contributed by atoms with Crippen LogP contribution in [0.5, 0.6) is 0 Å². The third kappa shape index (κ3) is 2.02. The molecule has 6 heteroatoms. The lowest BCUT2D eigenvalue weighted by molar-refractivity contribution is -0.194. The second-order valence-corrected chi connectivity index (χ2v) is 5.92. The highest BCUT2D eigenvalue weighted by Gasteiger charge is 2.43. The van der Waals surface area contributed by atoms with E-state index >= 15 is 0 Å². The summed E-state index contributed by atoms with van der Waals surface area (Å²) in [7, 11) is 0. The lowest BCUT2D eigenvalue weighted by Crippen LogP contribution is -2.42. The first-order valence-electron chi connectivity index (χ1n) is 7.43. The molecule has 3 atom stereocenters. The van der Waals surface area contributed by atoms with Crippen molar-refractivity contribution in [3.05, 3.63) is 35.4 Å². The minimum atomic E-state index is -0.526. The first-order valence-corrected chi connectivity index (χ1v) is 7.43. The zero-order valence-electron chi connectivity index (χ0n) is 11.9. The van der Waals surface area contributed by atoms with E-state index < -0.39 is 6.29 Å². The van der Waals surface area contributed by atoms with Gasteiger partial charge in [-0.25, -0.2) is 0 Å². The number of esters is 1. The van der Waals surface area contributed by atoms with Gasteiger partial charge in [-0.3, -0.25) is 19.3 Å². The van der Waals surface area contributed by atoms with Gasteiger partial charge < -0.3 is 9.47 Å². The van der Waals surface area contributed by atoms with Gasteiger partial charge in [-0.05, 0) is 25.0 Å². The topological polar surface area (TPSA) is 72.9 Å². The molecular formula is C16H15NO5. The number of carbonyl (C=O) groups is 3. The van der Waals surface area contributed by atoms with Crippen LogP contribution in [-0.4, -0.2) is 41.6 Å². The Morgan fingerprint density at radius 2 is 1.73 bits per heavy atom. The van der Waals surface area contributed by atoms with E-state index in [-0.39, 0.29) is 36.4 Å². The molecular weight excluding hydrogens is 286 g/mol. The van der Waals surface area contributed by atoms with Crippen LogP contribution in [0, 0.1) is 5.92 Å². The van der Waals surface area contributed by atoms with Gasteiger partial charge in [-0.15, -0.1) is 0 Å². The summed E-state index contributed by atoms with van der Waals surface area (Å²) >= 11 is 0.